The zero-order valence-corrected chi connectivity index (χ0v) is 22.3. The maximum atomic E-state index is 13.8. The molecule has 0 unspecified atom stereocenters. The summed E-state index contributed by atoms with van der Waals surface area (Å²) < 4.78 is 110. The molecule has 2 N–H and O–H groups in total. The van der Waals surface area contributed by atoms with Crippen molar-refractivity contribution in [2.75, 3.05) is 10.8 Å². The molecule has 4 rings (SSSR count). The number of aryl methyl sites for hydroxylation is 2. The predicted molar refractivity (Wildman–Crippen MR) is 136 cm³/mol. The van der Waals surface area contributed by atoms with Gasteiger partial charge in [0.1, 0.15) is 0 Å². The van der Waals surface area contributed by atoms with Gasteiger partial charge < -0.3 is 10.4 Å². The average molecular weight is 602 g/mol. The zero-order valence-electron chi connectivity index (χ0n) is 21.5. The number of carbonyl (C=O) groups excluding carboxylic acids is 1. The molecule has 0 radical (unpaired) electrons. The lowest BCUT2D eigenvalue weighted by atomic mass is 9.88. The number of pyridine rings is 1. The monoisotopic (exact) mass is 601 g/mol. The number of hydrogen-bond donors (Lipinski definition) is 2. The van der Waals surface area contributed by atoms with E-state index in [-0.39, 0.29) is 42.0 Å². The van der Waals surface area contributed by atoms with Crippen LogP contribution in [0.5, 0.6) is 0 Å². The van der Waals surface area contributed by atoms with Crippen LogP contribution in [-0.2, 0) is 33.3 Å². The lowest BCUT2D eigenvalue weighted by Crippen LogP contribution is -2.54. The highest BCUT2D eigenvalue weighted by atomic mass is 32.2. The lowest BCUT2D eigenvalue weighted by molar-refractivity contribution is -0.376. The van der Waals surface area contributed by atoms with E-state index in [0.717, 1.165) is 15.9 Å². The minimum absolute atomic E-state index is 0.0365. The molecule has 0 saturated heterocycles. The van der Waals surface area contributed by atoms with Crippen molar-refractivity contribution in [3.05, 3.63) is 89.2 Å². The second kappa shape index (κ2) is 11.0. The molecular weight excluding hydrogens is 576 g/mol. The number of hydrogen-bond acceptors (Lipinski definition) is 5. The SMILES string of the molecule is Cc1ccc(S(=O)(=O)N2c3ccc(C(O)(C(F)(F)F)C(F)(F)F)cc3CC[C@H]2CNC(=O)Cc2cccnc2)cc1. The van der Waals surface area contributed by atoms with Gasteiger partial charge >= 0.3 is 12.4 Å². The molecule has 0 fully saturated rings. The fraction of sp³-hybridized carbons (Fsp3) is 0.333. The van der Waals surface area contributed by atoms with Crippen molar-refractivity contribution in [1.29, 1.82) is 0 Å². The van der Waals surface area contributed by atoms with Crippen LogP contribution in [0.25, 0.3) is 0 Å². The van der Waals surface area contributed by atoms with Gasteiger partial charge in [-0.2, -0.15) is 26.3 Å². The second-order valence-electron chi connectivity index (χ2n) is 9.70. The van der Waals surface area contributed by atoms with Crippen LogP contribution < -0.4 is 9.62 Å². The molecule has 2 aromatic carbocycles. The van der Waals surface area contributed by atoms with E-state index in [1.54, 1.807) is 19.1 Å². The summed E-state index contributed by atoms with van der Waals surface area (Å²) in [4.78, 5) is 16.3. The summed E-state index contributed by atoms with van der Waals surface area (Å²) in [5.41, 5.74) is -5.57. The molecule has 14 heteroatoms. The molecule has 2 heterocycles. The van der Waals surface area contributed by atoms with Crippen molar-refractivity contribution in [3.63, 3.8) is 0 Å². The molecule has 41 heavy (non-hydrogen) atoms. The van der Waals surface area contributed by atoms with Gasteiger partial charge in [0.05, 0.1) is 23.0 Å². The van der Waals surface area contributed by atoms with Gasteiger partial charge in [-0.05, 0) is 55.2 Å². The highest BCUT2D eigenvalue weighted by Gasteiger charge is 2.71. The maximum absolute atomic E-state index is 13.8. The largest absolute Gasteiger partial charge is 0.430 e. The number of sulfonamides is 1. The number of rotatable bonds is 7. The summed E-state index contributed by atoms with van der Waals surface area (Å²) in [6, 6.07) is 9.92. The topological polar surface area (TPSA) is 99.6 Å². The summed E-state index contributed by atoms with van der Waals surface area (Å²) in [5, 5.41) is 12.5. The van der Waals surface area contributed by atoms with Crippen LogP contribution in [0.15, 0.2) is 71.9 Å². The number of fused-ring (bicyclic) bond motifs is 1. The summed E-state index contributed by atoms with van der Waals surface area (Å²) >= 11 is 0. The third kappa shape index (κ3) is 5.89. The van der Waals surface area contributed by atoms with Gasteiger partial charge in [0.15, 0.2) is 0 Å². The van der Waals surface area contributed by atoms with Gasteiger partial charge in [0.25, 0.3) is 15.6 Å². The Hall–Kier alpha value is -3.65. The van der Waals surface area contributed by atoms with Gasteiger partial charge in [-0.1, -0.05) is 35.9 Å². The van der Waals surface area contributed by atoms with E-state index in [1.807, 2.05) is 0 Å². The van der Waals surface area contributed by atoms with Gasteiger partial charge in [-0.25, -0.2) is 8.42 Å². The van der Waals surface area contributed by atoms with E-state index in [4.69, 9.17) is 0 Å². The Morgan fingerprint density at radius 2 is 1.71 bits per heavy atom. The standard InChI is InChI=1S/C27H25F6N3O4S/c1-17-4-9-22(10-5-17)41(39,40)36-21(16-35-24(37)13-18-3-2-12-34-15-18)8-6-19-14-20(7-11-23(19)36)25(38,26(28,29)30)27(31,32)33/h2-5,7,9-12,14-15,21,38H,6,8,13,16H2,1H3,(H,35,37)/t21-/m0/s1. The highest BCUT2D eigenvalue weighted by Crippen LogP contribution is 2.51. The van der Waals surface area contributed by atoms with Crippen molar-refractivity contribution < 1.29 is 44.7 Å². The molecule has 0 spiro atoms. The van der Waals surface area contributed by atoms with Gasteiger partial charge in [-0.3, -0.25) is 14.1 Å². The Bertz CT molecular complexity index is 1500. The van der Waals surface area contributed by atoms with Crippen molar-refractivity contribution >= 4 is 21.6 Å². The average Bonchev–Trinajstić information content (AvgIpc) is 2.90. The van der Waals surface area contributed by atoms with Crippen molar-refractivity contribution in [2.45, 2.75) is 55.1 Å². The molecule has 0 aliphatic carbocycles. The third-order valence-electron chi connectivity index (χ3n) is 6.83. The minimum Gasteiger partial charge on any atom is -0.369 e. The van der Waals surface area contributed by atoms with Crippen LogP contribution in [0.2, 0.25) is 0 Å². The molecule has 1 amide bonds. The first-order valence-corrected chi connectivity index (χ1v) is 13.8. The number of alkyl halides is 6. The van der Waals surface area contributed by atoms with Gasteiger partial charge in [-0.15, -0.1) is 0 Å². The van der Waals surface area contributed by atoms with Crippen LogP contribution in [0, 0.1) is 6.92 Å². The number of nitrogens with one attached hydrogen (secondary N) is 1. The van der Waals surface area contributed by atoms with Crippen LogP contribution in [0.4, 0.5) is 32.0 Å². The first kappa shape index (κ1) is 30.3. The molecule has 1 atom stereocenters. The first-order valence-electron chi connectivity index (χ1n) is 12.3. The smallest absolute Gasteiger partial charge is 0.369 e. The Labute approximate surface area is 231 Å². The molecule has 0 bridgehead atoms. The fourth-order valence-corrected chi connectivity index (χ4v) is 6.38. The molecule has 7 nitrogen and oxygen atoms in total. The number of anilines is 1. The van der Waals surface area contributed by atoms with E-state index < -0.39 is 45.5 Å². The van der Waals surface area contributed by atoms with Crippen LogP contribution >= 0.6 is 0 Å². The van der Waals surface area contributed by atoms with E-state index in [9.17, 15) is 44.7 Å². The third-order valence-corrected chi connectivity index (χ3v) is 8.71. The summed E-state index contributed by atoms with van der Waals surface area (Å²) in [5.74, 6) is -0.438. The Balaban J connectivity index is 1.73. The minimum atomic E-state index is -6.09. The second-order valence-corrected chi connectivity index (χ2v) is 11.5. The van der Waals surface area contributed by atoms with Crippen molar-refractivity contribution in [3.8, 4) is 0 Å². The molecule has 1 aromatic heterocycles. The Morgan fingerprint density at radius 1 is 1.05 bits per heavy atom. The molecular formula is C27H25F6N3O4S. The molecule has 220 valence electrons. The van der Waals surface area contributed by atoms with E-state index >= 15 is 0 Å². The van der Waals surface area contributed by atoms with Crippen LogP contribution in [-0.4, -0.2) is 49.4 Å². The van der Waals surface area contributed by atoms with E-state index in [1.165, 1.54) is 36.7 Å². The highest BCUT2D eigenvalue weighted by molar-refractivity contribution is 7.92. The lowest BCUT2D eigenvalue weighted by Gasteiger charge is -2.39. The summed E-state index contributed by atoms with van der Waals surface area (Å²) in [7, 11) is -4.39. The van der Waals surface area contributed by atoms with Crippen molar-refractivity contribution in [1.82, 2.24) is 10.3 Å². The summed E-state index contributed by atoms with van der Waals surface area (Å²) in [6.07, 6.45) is -9.36. The Kier molecular flexibility index (Phi) is 8.11. The predicted octanol–water partition coefficient (Wildman–Crippen LogP) is 4.57. The zero-order chi connectivity index (χ0) is 30.2. The Morgan fingerprint density at radius 3 is 2.29 bits per heavy atom. The fourth-order valence-electron chi connectivity index (χ4n) is 4.67. The number of carbonyl (C=O) groups is 1. The van der Waals surface area contributed by atoms with Gasteiger partial charge in [0, 0.05) is 24.5 Å². The quantitative estimate of drug-likeness (QED) is 0.387. The first-order chi connectivity index (χ1) is 19.1. The van der Waals surface area contributed by atoms with E-state index in [2.05, 4.69) is 10.3 Å². The van der Waals surface area contributed by atoms with Gasteiger partial charge in [0.2, 0.25) is 5.91 Å². The molecule has 3 aromatic rings. The number of nitrogens with zero attached hydrogens (tertiary/aromatic N) is 2. The number of halogens is 6. The molecule has 0 saturated carbocycles. The van der Waals surface area contributed by atoms with Crippen LogP contribution in [0.3, 0.4) is 0 Å². The van der Waals surface area contributed by atoms with Crippen molar-refractivity contribution in [2.24, 2.45) is 0 Å². The summed E-state index contributed by atoms with van der Waals surface area (Å²) in [6.45, 7) is 1.55. The number of aliphatic hydroxyl groups is 1. The number of benzene rings is 2. The van der Waals surface area contributed by atoms with Crippen LogP contribution in [0.1, 0.15) is 28.7 Å². The normalized spacial score (nSPS) is 16.3. The molecule has 1 aliphatic heterocycles. The van der Waals surface area contributed by atoms with E-state index in [0.29, 0.717) is 17.7 Å². The molecule has 1 aliphatic rings. The number of amides is 1. The maximum Gasteiger partial charge on any atom is 0.430 e. The number of aromatic nitrogens is 1.